The van der Waals surface area contributed by atoms with Crippen LogP contribution in [0.1, 0.15) is 26.7 Å². The highest BCUT2D eigenvalue weighted by atomic mass is 19.1. The molecule has 0 aliphatic rings. The molecule has 0 saturated heterocycles. The lowest BCUT2D eigenvalue weighted by Crippen LogP contribution is -2.54. The van der Waals surface area contributed by atoms with Crippen molar-refractivity contribution in [3.05, 3.63) is 0 Å². The second-order valence-corrected chi connectivity index (χ2v) is 6.14. The molecule has 0 aromatic carbocycles. The van der Waals surface area contributed by atoms with Crippen LogP contribution in [-0.2, 0) is 24.0 Å². The second kappa shape index (κ2) is 11.8. The molecule has 0 fully saturated rings. The Labute approximate surface area is 160 Å². The van der Waals surface area contributed by atoms with Crippen molar-refractivity contribution in [2.45, 2.75) is 57.0 Å². The van der Waals surface area contributed by atoms with Gasteiger partial charge in [-0.2, -0.15) is 0 Å². The third-order valence-electron chi connectivity index (χ3n) is 3.68. The van der Waals surface area contributed by atoms with E-state index in [1.807, 2.05) is 0 Å². The molecule has 160 valence electrons. The fraction of sp³-hybridized carbons (Fsp3) is 0.667. The summed E-state index contributed by atoms with van der Waals surface area (Å²) in [7, 11) is 0. The Kier molecular flexibility index (Phi) is 10.6. The molecule has 0 aliphatic carbocycles. The molecule has 9 N–H and O–H groups in total. The number of nitrogens with one attached hydrogen (secondary N) is 3. The van der Waals surface area contributed by atoms with Gasteiger partial charge in [-0.05, 0) is 26.7 Å². The monoisotopic (exact) mass is 407 g/mol. The molecule has 0 saturated carbocycles. The van der Waals surface area contributed by atoms with Crippen molar-refractivity contribution < 1.29 is 38.6 Å². The van der Waals surface area contributed by atoms with Gasteiger partial charge >= 0.3 is 11.9 Å². The smallest absolute Gasteiger partial charge is 0.323 e. The quantitative estimate of drug-likeness (QED) is 0.176. The minimum absolute atomic E-state index is 0.198. The van der Waals surface area contributed by atoms with Crippen LogP contribution in [0.3, 0.4) is 0 Å². The number of carboxylic acid groups (broad SMARTS) is 2. The molecule has 0 aromatic rings. The second-order valence-electron chi connectivity index (χ2n) is 6.14. The summed E-state index contributed by atoms with van der Waals surface area (Å²) < 4.78 is 13.6. The first-order valence-electron chi connectivity index (χ1n) is 8.35. The van der Waals surface area contributed by atoms with E-state index in [2.05, 4.69) is 16.0 Å². The van der Waals surface area contributed by atoms with Crippen LogP contribution >= 0.6 is 0 Å². The number of carbonyl (C=O) groups is 5. The Bertz CT molecular complexity index is 603. The van der Waals surface area contributed by atoms with Gasteiger partial charge in [0.2, 0.25) is 17.7 Å². The van der Waals surface area contributed by atoms with Crippen molar-refractivity contribution in [1.82, 2.24) is 16.0 Å². The number of carboxylic acids is 2. The maximum Gasteiger partial charge on any atom is 0.323 e. The van der Waals surface area contributed by atoms with Gasteiger partial charge in [-0.15, -0.1) is 0 Å². The molecule has 3 amide bonds. The van der Waals surface area contributed by atoms with Gasteiger partial charge in [-0.25, -0.2) is 4.39 Å². The lowest BCUT2D eigenvalue weighted by Gasteiger charge is -2.20. The zero-order valence-corrected chi connectivity index (χ0v) is 15.5. The molecule has 2 unspecified atom stereocenters. The lowest BCUT2D eigenvalue weighted by molar-refractivity contribution is -0.140. The summed E-state index contributed by atoms with van der Waals surface area (Å²) in [6, 6.07) is -5.07. The largest absolute Gasteiger partial charge is 0.480 e. The van der Waals surface area contributed by atoms with E-state index < -0.39 is 66.5 Å². The van der Waals surface area contributed by atoms with E-state index >= 15 is 0 Å². The lowest BCUT2D eigenvalue weighted by atomic mass is 10.0. The first-order valence-corrected chi connectivity index (χ1v) is 8.35. The summed E-state index contributed by atoms with van der Waals surface area (Å²) in [6.45, 7) is 2.03. The third kappa shape index (κ3) is 9.23. The van der Waals surface area contributed by atoms with Gasteiger partial charge in [-0.1, -0.05) is 0 Å². The minimum Gasteiger partial charge on any atom is -0.480 e. The number of hydrogen-bond donors (Lipinski definition) is 7. The van der Waals surface area contributed by atoms with Crippen molar-refractivity contribution in [1.29, 1.82) is 0 Å². The van der Waals surface area contributed by atoms with Crippen molar-refractivity contribution in [2.24, 2.45) is 11.5 Å². The van der Waals surface area contributed by atoms with Gasteiger partial charge in [0.05, 0.1) is 6.04 Å². The number of aliphatic carboxylic acids is 2. The molecule has 5 atom stereocenters. The predicted molar refractivity (Wildman–Crippen MR) is 93.6 cm³/mol. The van der Waals surface area contributed by atoms with Gasteiger partial charge in [0.25, 0.3) is 0 Å². The third-order valence-corrected chi connectivity index (χ3v) is 3.68. The van der Waals surface area contributed by atoms with Crippen LogP contribution in [-0.4, -0.2) is 76.8 Å². The molecule has 0 aromatic heterocycles. The Morgan fingerprint density at radius 3 is 1.89 bits per heavy atom. The summed E-state index contributed by atoms with van der Waals surface area (Å²) in [6.07, 6.45) is -2.44. The predicted octanol–water partition coefficient (Wildman–Crippen LogP) is -2.95. The normalized spacial score (nSPS) is 16.0. The number of rotatable bonds is 12. The number of carbonyl (C=O) groups excluding carboxylic acids is 3. The SMILES string of the molecule is C[C@H](NC(=O)[C@H](C)NC(=O)[C@@H](N)CCC(F)C(N)C(=O)O)C(=O)NCC(=O)O. The summed E-state index contributed by atoms with van der Waals surface area (Å²) in [5.74, 6) is -5.00. The van der Waals surface area contributed by atoms with E-state index in [-0.39, 0.29) is 12.8 Å². The standard InChI is InChI=1S/C15H26FN5O7/c1-6(12(24)19-5-10(22)23)20-13(25)7(2)21-14(26)9(17)4-3-8(16)11(18)15(27)28/h6-9,11H,3-5,17-18H2,1-2H3,(H,19,24)(H,20,25)(H,21,26)(H,22,23)(H,27,28)/t6-,7-,8?,9-,11?/m0/s1. The van der Waals surface area contributed by atoms with Crippen molar-refractivity contribution in [2.75, 3.05) is 6.54 Å². The molecular formula is C15H26FN5O7. The highest BCUT2D eigenvalue weighted by molar-refractivity contribution is 5.93. The van der Waals surface area contributed by atoms with Gasteiger partial charge in [0, 0.05) is 0 Å². The van der Waals surface area contributed by atoms with E-state index in [0.29, 0.717) is 0 Å². The van der Waals surface area contributed by atoms with Gasteiger partial charge in [0.1, 0.15) is 30.8 Å². The number of nitrogens with two attached hydrogens (primary N) is 2. The molecule has 0 heterocycles. The highest BCUT2D eigenvalue weighted by Crippen LogP contribution is 2.08. The maximum atomic E-state index is 13.6. The van der Waals surface area contributed by atoms with Crippen molar-refractivity contribution in [3.63, 3.8) is 0 Å². The Hall–Kier alpha value is -2.80. The van der Waals surface area contributed by atoms with Gasteiger partial charge in [0.15, 0.2) is 0 Å². The summed E-state index contributed by atoms with van der Waals surface area (Å²) in [4.78, 5) is 56.5. The number of alkyl halides is 1. The molecule has 0 rings (SSSR count). The average Bonchev–Trinajstić information content (AvgIpc) is 2.62. The fourth-order valence-corrected chi connectivity index (χ4v) is 1.91. The fourth-order valence-electron chi connectivity index (χ4n) is 1.91. The molecule has 0 spiro atoms. The average molecular weight is 407 g/mol. The maximum absolute atomic E-state index is 13.6. The van der Waals surface area contributed by atoms with E-state index in [1.165, 1.54) is 13.8 Å². The summed E-state index contributed by atoms with van der Waals surface area (Å²) in [5, 5.41) is 23.7. The summed E-state index contributed by atoms with van der Waals surface area (Å²) in [5.41, 5.74) is 10.7. The minimum atomic E-state index is -1.89. The number of hydrogen-bond acceptors (Lipinski definition) is 7. The zero-order valence-electron chi connectivity index (χ0n) is 15.5. The van der Waals surface area contributed by atoms with E-state index in [1.54, 1.807) is 0 Å². The van der Waals surface area contributed by atoms with Crippen LogP contribution in [0.2, 0.25) is 0 Å². The van der Waals surface area contributed by atoms with Crippen LogP contribution in [0.5, 0.6) is 0 Å². The molecule has 13 heteroatoms. The summed E-state index contributed by atoms with van der Waals surface area (Å²) >= 11 is 0. The van der Waals surface area contributed by atoms with Gasteiger partial charge in [-0.3, -0.25) is 24.0 Å². The molecule has 12 nitrogen and oxygen atoms in total. The van der Waals surface area contributed by atoms with Crippen LogP contribution in [0.4, 0.5) is 4.39 Å². The molecule has 0 aliphatic heterocycles. The molecule has 0 bridgehead atoms. The number of halogens is 1. The van der Waals surface area contributed by atoms with Crippen molar-refractivity contribution >= 4 is 29.7 Å². The van der Waals surface area contributed by atoms with Crippen LogP contribution in [0.25, 0.3) is 0 Å². The number of amides is 3. The first-order chi connectivity index (χ1) is 12.9. The topological polar surface area (TPSA) is 214 Å². The molecule has 28 heavy (non-hydrogen) atoms. The van der Waals surface area contributed by atoms with Crippen LogP contribution in [0.15, 0.2) is 0 Å². The Morgan fingerprint density at radius 2 is 1.39 bits per heavy atom. The first kappa shape index (κ1) is 25.2. The highest BCUT2D eigenvalue weighted by Gasteiger charge is 2.27. The van der Waals surface area contributed by atoms with Crippen molar-refractivity contribution in [3.8, 4) is 0 Å². The van der Waals surface area contributed by atoms with E-state index in [4.69, 9.17) is 21.7 Å². The Balaban J connectivity index is 4.43. The Morgan fingerprint density at radius 1 is 0.893 bits per heavy atom. The van der Waals surface area contributed by atoms with E-state index in [0.717, 1.165) is 0 Å². The van der Waals surface area contributed by atoms with Crippen LogP contribution < -0.4 is 27.4 Å². The zero-order chi connectivity index (χ0) is 22.0. The molecule has 0 radical (unpaired) electrons. The van der Waals surface area contributed by atoms with E-state index in [9.17, 15) is 28.4 Å². The van der Waals surface area contributed by atoms with Crippen LogP contribution in [0, 0.1) is 0 Å². The van der Waals surface area contributed by atoms with Gasteiger partial charge < -0.3 is 37.6 Å². The molecular weight excluding hydrogens is 381 g/mol.